The molecule has 0 aliphatic heterocycles. The molecule has 6 nitrogen and oxygen atoms in total. The number of carboxylic acid groups (broad SMARTS) is 1. The van der Waals surface area contributed by atoms with Gasteiger partial charge < -0.3 is 19.9 Å². The smallest absolute Gasteiger partial charge is 0.465 e. The van der Waals surface area contributed by atoms with E-state index in [1.54, 1.807) is 0 Å². The van der Waals surface area contributed by atoms with Crippen LogP contribution in [-0.4, -0.2) is 32.4 Å². The van der Waals surface area contributed by atoms with Crippen LogP contribution in [0.2, 0.25) is 0 Å². The summed E-state index contributed by atoms with van der Waals surface area (Å²) in [5, 5.41) is 9.56. The van der Waals surface area contributed by atoms with Crippen LogP contribution in [0, 0.1) is 0 Å². The molecule has 0 heterocycles. The van der Waals surface area contributed by atoms with Gasteiger partial charge >= 0.3 is 20.2 Å². The van der Waals surface area contributed by atoms with Crippen molar-refractivity contribution in [1.29, 1.82) is 0 Å². The summed E-state index contributed by atoms with van der Waals surface area (Å²) in [7, 11) is 1.35. The van der Waals surface area contributed by atoms with Gasteiger partial charge in [-0.3, -0.25) is 0 Å². The maximum Gasteiger partial charge on any atom is 0.515 e. The molecule has 0 radical (unpaired) electrons. The summed E-state index contributed by atoms with van der Waals surface area (Å²) < 4.78 is 3.50. The van der Waals surface area contributed by atoms with Gasteiger partial charge in [-0.1, -0.05) is 0 Å². The minimum Gasteiger partial charge on any atom is -0.465 e. The first kappa shape index (κ1) is 19.6. The lowest BCUT2D eigenvalue weighted by Crippen LogP contribution is -2.22. The van der Waals surface area contributed by atoms with Crippen LogP contribution in [0.5, 0.6) is 0 Å². The molecule has 0 rings (SSSR count). The number of halogens is 6. The van der Waals surface area contributed by atoms with Crippen LogP contribution >= 0.6 is 69.6 Å². The van der Waals surface area contributed by atoms with Gasteiger partial charge in [0.2, 0.25) is 0 Å². The molecule has 0 aromatic carbocycles. The predicted molar refractivity (Wildman–Crippen MR) is 65.2 cm³/mol. The Hall–Kier alpha value is 0.280. The van der Waals surface area contributed by atoms with Gasteiger partial charge in [0, 0.05) is 7.05 Å². The van der Waals surface area contributed by atoms with Crippen molar-refractivity contribution in [2.45, 2.75) is 7.96 Å². The highest BCUT2D eigenvalue weighted by atomic mass is 35.6. The van der Waals surface area contributed by atoms with Gasteiger partial charge in [0.25, 0.3) is 0 Å². The van der Waals surface area contributed by atoms with Crippen LogP contribution in [0.25, 0.3) is 0 Å². The molecule has 0 aliphatic carbocycles. The van der Waals surface area contributed by atoms with E-state index < -0.39 is 20.2 Å². The molecule has 0 bridgehead atoms. The van der Waals surface area contributed by atoms with E-state index in [1.807, 2.05) is 5.32 Å². The summed E-state index contributed by atoms with van der Waals surface area (Å²) in [6.07, 6.45) is -2.40. The molecule has 0 aliphatic rings. The van der Waals surface area contributed by atoms with Crippen molar-refractivity contribution in [1.82, 2.24) is 5.32 Å². The molecule has 102 valence electrons. The van der Waals surface area contributed by atoms with Gasteiger partial charge in [-0.05, 0) is 69.6 Å². The summed E-state index contributed by atoms with van der Waals surface area (Å²) in [5.74, 6) is 0. The second kappa shape index (κ2) is 8.39. The van der Waals surface area contributed by atoms with Crippen molar-refractivity contribution in [2.24, 2.45) is 0 Å². The molecule has 12 heteroatoms. The molecule has 17 heavy (non-hydrogen) atoms. The maximum absolute atomic E-state index is 10.5. The fraction of sp³-hybridized carbons (Fsp3) is 0.600. The average Bonchev–Trinajstić information content (AvgIpc) is 1.97. The normalized spacial score (nSPS) is 10.8. The number of carbonyl (C=O) groups is 2. The molecule has 0 saturated carbocycles. The number of hydrogen-bond donors (Lipinski definition) is 2. The molecule has 0 spiro atoms. The first-order chi connectivity index (χ1) is 7.37. The van der Waals surface area contributed by atoms with Crippen LogP contribution < -0.4 is 5.32 Å². The van der Waals surface area contributed by atoms with E-state index in [1.165, 1.54) is 7.05 Å². The number of hydrogen-bond acceptors (Lipinski definition) is 4. The molecule has 0 aromatic heterocycles. The van der Waals surface area contributed by atoms with Crippen LogP contribution in [0.3, 0.4) is 0 Å². The van der Waals surface area contributed by atoms with Crippen LogP contribution in [0.4, 0.5) is 9.59 Å². The first-order valence-electron chi connectivity index (χ1n) is 3.33. The molecule has 0 fully saturated rings. The minimum absolute atomic E-state index is 0.995. The second-order valence-electron chi connectivity index (χ2n) is 1.90. The second-order valence-corrected chi connectivity index (χ2v) is 6.26. The largest absolute Gasteiger partial charge is 0.515 e. The third kappa shape index (κ3) is 22.0. The van der Waals surface area contributed by atoms with Gasteiger partial charge in [0.1, 0.15) is 0 Å². The Morgan fingerprint density at radius 3 is 1.35 bits per heavy atom. The third-order valence-electron chi connectivity index (χ3n) is 0.612. The fourth-order valence-corrected chi connectivity index (χ4v) is 0.588. The SMILES string of the molecule is CNC(=O)O.O=C(OC(Cl)(Cl)Cl)OC(Cl)(Cl)Cl. The number of rotatable bonds is 0. The highest BCUT2D eigenvalue weighted by Gasteiger charge is 2.32. The van der Waals surface area contributed by atoms with Crippen molar-refractivity contribution >= 4 is 81.9 Å². The number of carbonyl (C=O) groups excluding carboxylic acids is 1. The Balaban J connectivity index is 0. The number of nitrogens with one attached hydrogen (secondary N) is 1. The minimum atomic E-state index is -2.24. The van der Waals surface area contributed by atoms with Crippen LogP contribution in [0.15, 0.2) is 0 Å². The highest BCUT2D eigenvalue weighted by molar-refractivity contribution is 6.67. The van der Waals surface area contributed by atoms with E-state index in [0.717, 1.165) is 0 Å². The molecule has 0 saturated heterocycles. The lowest BCUT2D eigenvalue weighted by atomic mass is 11.1. The number of ether oxygens (including phenoxy) is 2. The zero-order chi connectivity index (χ0) is 14.3. The van der Waals surface area contributed by atoms with Crippen molar-refractivity contribution < 1.29 is 24.2 Å². The summed E-state index contributed by atoms with van der Waals surface area (Å²) >= 11 is 30.2. The van der Waals surface area contributed by atoms with Crippen molar-refractivity contribution in [3.8, 4) is 0 Å². The fourth-order valence-electron chi connectivity index (χ4n) is 0.210. The van der Waals surface area contributed by atoms with E-state index in [2.05, 4.69) is 9.47 Å². The van der Waals surface area contributed by atoms with E-state index in [-0.39, 0.29) is 0 Å². The van der Waals surface area contributed by atoms with Gasteiger partial charge in [-0.15, -0.1) is 0 Å². The number of alkyl halides is 6. The van der Waals surface area contributed by atoms with Crippen LogP contribution in [-0.2, 0) is 9.47 Å². The molecule has 0 unspecified atom stereocenters. The van der Waals surface area contributed by atoms with Crippen molar-refractivity contribution in [3.63, 3.8) is 0 Å². The lowest BCUT2D eigenvalue weighted by molar-refractivity contribution is 0.0508. The molecule has 0 aromatic rings. The zero-order valence-corrected chi connectivity index (χ0v) is 12.4. The molecular formula is C5H5Cl6NO5. The Kier molecular flexibility index (Phi) is 9.69. The third-order valence-corrected chi connectivity index (χ3v) is 1.07. The molecule has 0 atom stereocenters. The molecule has 2 N–H and O–H groups in total. The summed E-state index contributed by atoms with van der Waals surface area (Å²) in [6.45, 7) is 0. The molecular weight excluding hydrogens is 367 g/mol. The van der Waals surface area contributed by atoms with E-state index in [0.29, 0.717) is 0 Å². The Labute approximate surface area is 126 Å². The topological polar surface area (TPSA) is 84.9 Å². The van der Waals surface area contributed by atoms with E-state index in [9.17, 15) is 9.59 Å². The summed E-state index contributed by atoms with van der Waals surface area (Å²) in [6, 6.07) is 0. The van der Waals surface area contributed by atoms with Gasteiger partial charge in [0.15, 0.2) is 0 Å². The van der Waals surface area contributed by atoms with E-state index in [4.69, 9.17) is 74.7 Å². The summed E-state index contributed by atoms with van der Waals surface area (Å²) in [4.78, 5) is 19.8. The Morgan fingerprint density at radius 2 is 1.24 bits per heavy atom. The van der Waals surface area contributed by atoms with Gasteiger partial charge in [-0.25, -0.2) is 9.59 Å². The van der Waals surface area contributed by atoms with Crippen LogP contribution in [0.1, 0.15) is 0 Å². The average molecular weight is 372 g/mol. The quantitative estimate of drug-likeness (QED) is 0.501. The monoisotopic (exact) mass is 369 g/mol. The predicted octanol–water partition coefficient (Wildman–Crippen LogP) is 3.68. The zero-order valence-electron chi connectivity index (χ0n) is 7.85. The highest BCUT2D eigenvalue weighted by Crippen LogP contribution is 2.32. The standard InChI is InChI=1S/C3Cl6O3.C2H5NO2/c4-2(5,6)11-1(10)12-3(7,8)9;1-3-2(4)5/h;3H,1H3,(H,4,5). The maximum atomic E-state index is 10.5. The van der Waals surface area contributed by atoms with Crippen molar-refractivity contribution in [2.75, 3.05) is 7.05 Å². The van der Waals surface area contributed by atoms with E-state index >= 15 is 0 Å². The Morgan fingerprint density at radius 1 is 1.00 bits per heavy atom. The Bertz CT molecular complexity index is 243. The van der Waals surface area contributed by atoms with Gasteiger partial charge in [-0.2, -0.15) is 0 Å². The number of amides is 1. The lowest BCUT2D eigenvalue weighted by Gasteiger charge is -2.15. The molecule has 1 amide bonds. The van der Waals surface area contributed by atoms with Gasteiger partial charge in [0.05, 0.1) is 0 Å². The summed E-state index contributed by atoms with van der Waals surface area (Å²) in [5.41, 5.74) is 0. The first-order valence-corrected chi connectivity index (χ1v) is 5.60. The van der Waals surface area contributed by atoms with Crippen molar-refractivity contribution in [3.05, 3.63) is 0 Å².